The third kappa shape index (κ3) is 4.11. The lowest BCUT2D eigenvalue weighted by molar-refractivity contribution is -0.420. The zero-order chi connectivity index (χ0) is 17.1. The highest BCUT2D eigenvalue weighted by Crippen LogP contribution is 2.30. The number of carbonyl (C=O) groups excluding carboxylic acids is 1. The first-order valence-corrected chi connectivity index (χ1v) is 8.35. The fourth-order valence-corrected chi connectivity index (χ4v) is 3.36. The van der Waals surface area contributed by atoms with Gasteiger partial charge >= 0.3 is 0 Å². The van der Waals surface area contributed by atoms with E-state index in [1.165, 1.54) is 19.2 Å². The Kier molecular flexibility index (Phi) is 5.78. The van der Waals surface area contributed by atoms with E-state index in [-0.39, 0.29) is 23.7 Å². The van der Waals surface area contributed by atoms with Crippen LogP contribution in [0.1, 0.15) is 20.3 Å². The van der Waals surface area contributed by atoms with Crippen LogP contribution in [0.3, 0.4) is 0 Å². The van der Waals surface area contributed by atoms with Crippen molar-refractivity contribution < 1.29 is 18.1 Å². The van der Waals surface area contributed by atoms with E-state index >= 15 is 0 Å². The van der Waals surface area contributed by atoms with E-state index in [1.54, 1.807) is 13.8 Å². The molecule has 22 heavy (non-hydrogen) atoms. The van der Waals surface area contributed by atoms with E-state index in [0.29, 0.717) is 12.0 Å². The summed E-state index contributed by atoms with van der Waals surface area (Å²) in [6.07, 6.45) is 2.99. The number of sulfonamides is 1. The van der Waals surface area contributed by atoms with Crippen LogP contribution in [0.5, 0.6) is 0 Å². The Bertz CT molecular complexity index is 661. The maximum atomic E-state index is 12.3. The van der Waals surface area contributed by atoms with Gasteiger partial charge in [0.25, 0.3) is 5.70 Å². The van der Waals surface area contributed by atoms with E-state index in [2.05, 4.69) is 6.58 Å². The summed E-state index contributed by atoms with van der Waals surface area (Å²) in [4.78, 5) is 22.7. The first-order chi connectivity index (χ1) is 10.1. The molecule has 0 amide bonds. The predicted octanol–water partition coefficient (Wildman–Crippen LogP) is 1.52. The van der Waals surface area contributed by atoms with Gasteiger partial charge in [0.1, 0.15) is 5.75 Å². The van der Waals surface area contributed by atoms with E-state index < -0.39 is 26.5 Å². The van der Waals surface area contributed by atoms with E-state index in [4.69, 9.17) is 0 Å². The molecule has 0 heterocycles. The highest BCUT2D eigenvalue weighted by molar-refractivity contribution is 7.89. The molecular weight excluding hydrogens is 308 g/mol. The van der Waals surface area contributed by atoms with Crippen LogP contribution in [0, 0.1) is 16.0 Å². The summed E-state index contributed by atoms with van der Waals surface area (Å²) in [6.45, 7) is 6.94. The molecule has 1 rings (SSSR count). The molecule has 1 aliphatic rings. The maximum Gasteiger partial charge on any atom is 0.268 e. The van der Waals surface area contributed by atoms with Gasteiger partial charge in [-0.05, 0) is 19.3 Å². The monoisotopic (exact) mass is 328 g/mol. The smallest absolute Gasteiger partial charge is 0.268 e. The van der Waals surface area contributed by atoms with Crippen molar-refractivity contribution in [3.05, 3.63) is 45.7 Å². The zero-order valence-corrected chi connectivity index (χ0v) is 13.7. The number of ketones is 1. The van der Waals surface area contributed by atoms with Crippen LogP contribution in [0.25, 0.3) is 0 Å². The first-order valence-electron chi connectivity index (χ1n) is 6.74. The maximum absolute atomic E-state index is 12.3. The number of hydrogen-bond acceptors (Lipinski definition) is 5. The van der Waals surface area contributed by atoms with Crippen LogP contribution >= 0.6 is 0 Å². The van der Waals surface area contributed by atoms with Crippen LogP contribution < -0.4 is 0 Å². The normalized spacial score (nSPS) is 19.1. The standard InChI is InChI=1S/C14H20N2O5S/c1-5-6-15(4)22(20,21)9-14(17)12-8-13(16(18)19)11(3)7-10(12)2/h5,8,10H,1,6-7,9H2,2-4H3. The number of rotatable bonds is 7. The predicted molar refractivity (Wildman–Crippen MR) is 83.2 cm³/mol. The molecule has 0 aromatic rings. The molecule has 1 atom stereocenters. The topological polar surface area (TPSA) is 97.6 Å². The van der Waals surface area contributed by atoms with Crippen molar-refractivity contribution in [2.45, 2.75) is 20.3 Å². The molecule has 0 saturated heterocycles. The summed E-state index contributed by atoms with van der Waals surface area (Å²) < 4.78 is 25.1. The van der Waals surface area contributed by atoms with Crippen LogP contribution in [-0.4, -0.2) is 42.8 Å². The minimum Gasteiger partial charge on any atom is -0.293 e. The first kappa shape index (κ1) is 18.2. The molecule has 0 fully saturated rings. The van der Waals surface area contributed by atoms with Gasteiger partial charge in [0.2, 0.25) is 10.0 Å². The van der Waals surface area contributed by atoms with Crippen LogP contribution in [0.15, 0.2) is 35.6 Å². The van der Waals surface area contributed by atoms with Crippen molar-refractivity contribution in [1.82, 2.24) is 4.31 Å². The van der Waals surface area contributed by atoms with Crippen molar-refractivity contribution >= 4 is 15.8 Å². The Hall–Kier alpha value is -1.80. The van der Waals surface area contributed by atoms with E-state index in [0.717, 1.165) is 4.31 Å². The van der Waals surface area contributed by atoms with Gasteiger partial charge in [0.15, 0.2) is 5.78 Å². The highest BCUT2D eigenvalue weighted by Gasteiger charge is 2.31. The molecule has 7 nitrogen and oxygen atoms in total. The highest BCUT2D eigenvalue weighted by atomic mass is 32.2. The van der Waals surface area contributed by atoms with Crippen molar-refractivity contribution in [2.24, 2.45) is 5.92 Å². The Morgan fingerprint density at radius 1 is 1.59 bits per heavy atom. The van der Waals surface area contributed by atoms with Gasteiger partial charge in [-0.15, -0.1) is 6.58 Å². The number of carbonyl (C=O) groups is 1. The van der Waals surface area contributed by atoms with Gasteiger partial charge in [-0.3, -0.25) is 14.9 Å². The van der Waals surface area contributed by atoms with Gasteiger partial charge in [0.05, 0.1) is 4.92 Å². The molecule has 8 heteroatoms. The van der Waals surface area contributed by atoms with E-state index in [9.17, 15) is 23.3 Å². The number of allylic oxidation sites excluding steroid dienone is 3. The Morgan fingerprint density at radius 2 is 2.18 bits per heavy atom. The minimum atomic E-state index is -3.76. The largest absolute Gasteiger partial charge is 0.293 e. The Balaban J connectivity index is 3.05. The zero-order valence-electron chi connectivity index (χ0n) is 12.9. The van der Waals surface area contributed by atoms with Gasteiger partial charge in [-0.1, -0.05) is 13.0 Å². The van der Waals surface area contributed by atoms with Crippen LogP contribution in [-0.2, 0) is 14.8 Å². The summed E-state index contributed by atoms with van der Waals surface area (Å²) in [6, 6.07) is 0. The van der Waals surface area contributed by atoms with Crippen molar-refractivity contribution in [1.29, 1.82) is 0 Å². The molecule has 1 unspecified atom stereocenters. The molecule has 0 aromatic carbocycles. The number of hydrogen-bond donors (Lipinski definition) is 0. The molecule has 0 saturated carbocycles. The summed E-state index contributed by atoms with van der Waals surface area (Å²) >= 11 is 0. The molecule has 0 aromatic heterocycles. The van der Waals surface area contributed by atoms with E-state index in [1.807, 2.05) is 0 Å². The number of nitrogens with zero attached hydrogens (tertiary/aromatic N) is 2. The minimum absolute atomic E-state index is 0.101. The quantitative estimate of drug-likeness (QED) is 0.401. The van der Waals surface area contributed by atoms with Gasteiger partial charge in [-0.2, -0.15) is 0 Å². The third-order valence-electron chi connectivity index (χ3n) is 3.57. The second kappa shape index (κ2) is 6.97. The van der Waals surface area contributed by atoms with Gasteiger partial charge in [-0.25, -0.2) is 12.7 Å². The lowest BCUT2D eigenvalue weighted by Crippen LogP contribution is -2.34. The lowest BCUT2D eigenvalue weighted by Gasteiger charge is -2.21. The Morgan fingerprint density at radius 3 is 2.68 bits per heavy atom. The summed E-state index contributed by atoms with van der Waals surface area (Å²) in [5, 5.41) is 11.0. The van der Waals surface area contributed by atoms with Crippen molar-refractivity contribution in [3.8, 4) is 0 Å². The van der Waals surface area contributed by atoms with Gasteiger partial charge < -0.3 is 0 Å². The average molecular weight is 328 g/mol. The number of Topliss-reactive ketones (excluding diaryl/α,β-unsaturated/α-hetero) is 1. The summed E-state index contributed by atoms with van der Waals surface area (Å²) in [5.74, 6) is -1.54. The third-order valence-corrected chi connectivity index (χ3v) is 5.29. The molecule has 122 valence electrons. The number of nitro groups is 1. The van der Waals surface area contributed by atoms with Crippen molar-refractivity contribution in [3.63, 3.8) is 0 Å². The fourth-order valence-electron chi connectivity index (χ4n) is 2.30. The molecule has 0 bridgehead atoms. The van der Waals surface area contributed by atoms with Crippen LogP contribution in [0.2, 0.25) is 0 Å². The molecule has 0 radical (unpaired) electrons. The second-order valence-electron chi connectivity index (χ2n) is 5.38. The molecule has 0 aliphatic heterocycles. The Labute approximate surface area is 130 Å². The molecule has 1 aliphatic carbocycles. The lowest BCUT2D eigenvalue weighted by atomic mass is 9.86. The van der Waals surface area contributed by atoms with Crippen molar-refractivity contribution in [2.75, 3.05) is 19.3 Å². The SMILES string of the molecule is C=CCN(C)S(=O)(=O)CC(=O)C1=CC([N+](=O)[O-])=C(C)CC1C. The molecular formula is C14H20N2O5S. The molecule has 0 N–H and O–H groups in total. The van der Waals surface area contributed by atoms with Crippen LogP contribution in [0.4, 0.5) is 0 Å². The van der Waals surface area contributed by atoms with Gasteiger partial charge in [0, 0.05) is 30.8 Å². The fraction of sp³-hybridized carbons (Fsp3) is 0.500. The average Bonchev–Trinajstić information content (AvgIpc) is 2.37. The second-order valence-corrected chi connectivity index (χ2v) is 7.45. The summed E-state index contributed by atoms with van der Waals surface area (Å²) in [7, 11) is -2.40. The molecule has 0 spiro atoms. The summed E-state index contributed by atoms with van der Waals surface area (Å²) in [5.41, 5.74) is 0.645. The number of likely N-dealkylation sites (N-methyl/N-ethyl adjacent to an activating group) is 1.